The molecule has 3 nitrogen and oxygen atoms in total. The lowest BCUT2D eigenvalue weighted by molar-refractivity contribution is 0.363. The Bertz CT molecular complexity index is 716. The lowest BCUT2D eigenvalue weighted by Crippen LogP contribution is -2.30. The summed E-state index contributed by atoms with van der Waals surface area (Å²) in [7, 11) is 1.96. The normalized spacial score (nSPS) is 10.1. The number of ether oxygens (including phenoxy) is 1. The monoisotopic (exact) mass is 360 g/mol. The van der Waals surface area contributed by atoms with Gasteiger partial charge in [0.15, 0.2) is 5.11 Å². The van der Waals surface area contributed by atoms with Crippen LogP contribution in [0.25, 0.3) is 0 Å². The summed E-state index contributed by atoms with van der Waals surface area (Å²) in [4.78, 5) is 1.98. The van der Waals surface area contributed by atoms with Gasteiger partial charge in [0, 0.05) is 24.3 Å². The number of rotatable bonds is 6. The predicted octanol–water partition coefficient (Wildman–Crippen LogP) is 5.04. The van der Waals surface area contributed by atoms with E-state index in [1.807, 2.05) is 61.3 Å². The Kier molecular flexibility index (Phi) is 6.64. The van der Waals surface area contributed by atoms with Gasteiger partial charge in [0.2, 0.25) is 0 Å². The first-order chi connectivity index (χ1) is 11.5. The summed E-state index contributed by atoms with van der Waals surface area (Å²) in [6.07, 6.45) is 1.73. The van der Waals surface area contributed by atoms with Crippen LogP contribution in [0.4, 0.5) is 5.69 Å². The Labute approximate surface area is 153 Å². The highest BCUT2D eigenvalue weighted by Crippen LogP contribution is 2.23. The summed E-state index contributed by atoms with van der Waals surface area (Å²) in [6.45, 7) is 6.81. The number of hydrogen-bond acceptors (Lipinski definition) is 2. The standard InChI is InChI=1S/C19H21ClN2OS/c1-4-12-23-16-10-8-15(9-11-16)13-22(3)19(24)21-18-7-5-6-17(20)14(18)2/h4-11H,1,12-13H2,2-3H3,(H,21,24). The average Bonchev–Trinajstić information content (AvgIpc) is 2.58. The van der Waals surface area contributed by atoms with E-state index < -0.39 is 0 Å². The van der Waals surface area contributed by atoms with Gasteiger partial charge in [-0.1, -0.05) is 42.5 Å². The van der Waals surface area contributed by atoms with Crippen LogP contribution in [0, 0.1) is 6.92 Å². The maximum atomic E-state index is 6.14. The number of thiocarbonyl (C=S) groups is 1. The summed E-state index contributed by atoms with van der Waals surface area (Å²) >= 11 is 11.6. The Balaban J connectivity index is 1.96. The van der Waals surface area contributed by atoms with Crippen LogP contribution in [-0.4, -0.2) is 23.7 Å². The van der Waals surface area contributed by atoms with Crippen LogP contribution in [-0.2, 0) is 6.54 Å². The van der Waals surface area contributed by atoms with E-state index in [4.69, 9.17) is 28.6 Å². The second-order valence-corrected chi connectivity index (χ2v) is 6.24. The van der Waals surface area contributed by atoms with Crippen LogP contribution in [0.3, 0.4) is 0 Å². The molecular formula is C19H21ClN2OS. The second kappa shape index (κ2) is 8.71. The summed E-state index contributed by atoms with van der Waals surface area (Å²) in [5.41, 5.74) is 3.06. The average molecular weight is 361 g/mol. The molecule has 0 aliphatic rings. The van der Waals surface area contributed by atoms with Crippen LogP contribution < -0.4 is 10.1 Å². The molecule has 2 aromatic carbocycles. The zero-order valence-electron chi connectivity index (χ0n) is 13.9. The van der Waals surface area contributed by atoms with Gasteiger partial charge in [0.05, 0.1) is 0 Å². The quantitative estimate of drug-likeness (QED) is 0.576. The number of benzene rings is 2. The molecule has 0 unspecified atom stereocenters. The number of nitrogens with one attached hydrogen (secondary N) is 1. The van der Waals surface area contributed by atoms with Crippen molar-refractivity contribution in [3.8, 4) is 5.75 Å². The van der Waals surface area contributed by atoms with E-state index in [0.717, 1.165) is 27.6 Å². The summed E-state index contributed by atoms with van der Waals surface area (Å²) < 4.78 is 5.48. The van der Waals surface area contributed by atoms with Gasteiger partial charge < -0.3 is 15.0 Å². The molecule has 2 aromatic rings. The van der Waals surface area contributed by atoms with E-state index in [0.29, 0.717) is 18.3 Å². The van der Waals surface area contributed by atoms with Crippen molar-refractivity contribution >= 4 is 34.6 Å². The molecule has 0 aliphatic heterocycles. The highest BCUT2D eigenvalue weighted by Gasteiger charge is 2.08. The molecule has 0 heterocycles. The van der Waals surface area contributed by atoms with Crippen LogP contribution in [0.15, 0.2) is 55.1 Å². The third kappa shape index (κ3) is 4.98. The van der Waals surface area contributed by atoms with Crippen molar-refractivity contribution in [1.29, 1.82) is 0 Å². The van der Waals surface area contributed by atoms with Gasteiger partial charge in [-0.15, -0.1) is 0 Å². The summed E-state index contributed by atoms with van der Waals surface area (Å²) in [5, 5.41) is 4.62. The third-order valence-electron chi connectivity index (χ3n) is 3.57. The Hall–Kier alpha value is -2.04. The molecule has 0 aromatic heterocycles. The Morgan fingerprint density at radius 2 is 2.00 bits per heavy atom. The molecule has 0 fully saturated rings. The van der Waals surface area contributed by atoms with Crippen molar-refractivity contribution in [1.82, 2.24) is 4.90 Å². The van der Waals surface area contributed by atoms with Gasteiger partial charge in [-0.05, 0) is 54.5 Å². The van der Waals surface area contributed by atoms with E-state index in [1.54, 1.807) is 6.08 Å². The fraction of sp³-hybridized carbons (Fsp3) is 0.211. The van der Waals surface area contributed by atoms with E-state index in [2.05, 4.69) is 11.9 Å². The van der Waals surface area contributed by atoms with Crippen LogP contribution in [0.1, 0.15) is 11.1 Å². The third-order valence-corrected chi connectivity index (χ3v) is 4.39. The maximum absolute atomic E-state index is 6.14. The largest absolute Gasteiger partial charge is 0.490 e. The van der Waals surface area contributed by atoms with Gasteiger partial charge in [0.1, 0.15) is 12.4 Å². The van der Waals surface area contributed by atoms with Gasteiger partial charge in [-0.2, -0.15) is 0 Å². The fourth-order valence-electron chi connectivity index (χ4n) is 2.15. The smallest absolute Gasteiger partial charge is 0.173 e. The molecule has 0 aliphatic carbocycles. The number of halogens is 1. The SMILES string of the molecule is C=CCOc1ccc(CN(C)C(=S)Nc2cccc(Cl)c2C)cc1. The molecule has 126 valence electrons. The van der Waals surface area contributed by atoms with Crippen molar-refractivity contribution in [2.75, 3.05) is 19.0 Å². The van der Waals surface area contributed by atoms with Crippen molar-refractivity contribution < 1.29 is 4.74 Å². The zero-order chi connectivity index (χ0) is 17.5. The minimum atomic E-state index is 0.506. The molecule has 0 radical (unpaired) electrons. The van der Waals surface area contributed by atoms with Gasteiger partial charge in [0.25, 0.3) is 0 Å². The van der Waals surface area contributed by atoms with E-state index in [-0.39, 0.29) is 0 Å². The molecule has 0 bridgehead atoms. The molecule has 2 rings (SSSR count). The van der Waals surface area contributed by atoms with Gasteiger partial charge in [-0.25, -0.2) is 0 Å². The molecule has 0 amide bonds. The lowest BCUT2D eigenvalue weighted by atomic mass is 10.2. The molecule has 24 heavy (non-hydrogen) atoms. The molecule has 1 N–H and O–H groups in total. The van der Waals surface area contributed by atoms with Crippen LogP contribution >= 0.6 is 23.8 Å². The molecular weight excluding hydrogens is 340 g/mol. The predicted molar refractivity (Wildman–Crippen MR) is 106 cm³/mol. The van der Waals surface area contributed by atoms with Crippen molar-refractivity contribution in [3.05, 3.63) is 71.3 Å². The maximum Gasteiger partial charge on any atom is 0.173 e. The van der Waals surface area contributed by atoms with Crippen molar-refractivity contribution in [2.24, 2.45) is 0 Å². The lowest BCUT2D eigenvalue weighted by Gasteiger charge is -2.22. The molecule has 0 atom stereocenters. The molecule has 0 saturated heterocycles. The van der Waals surface area contributed by atoms with Gasteiger partial charge >= 0.3 is 0 Å². The van der Waals surface area contributed by atoms with E-state index in [1.165, 1.54) is 0 Å². The topological polar surface area (TPSA) is 24.5 Å². The Morgan fingerprint density at radius 3 is 2.67 bits per heavy atom. The Morgan fingerprint density at radius 1 is 1.29 bits per heavy atom. The van der Waals surface area contributed by atoms with Crippen molar-refractivity contribution in [3.63, 3.8) is 0 Å². The first-order valence-corrected chi connectivity index (χ1v) is 8.39. The number of hydrogen-bond donors (Lipinski definition) is 1. The number of nitrogens with zero attached hydrogens (tertiary/aromatic N) is 1. The first-order valence-electron chi connectivity index (χ1n) is 7.61. The van der Waals surface area contributed by atoms with Crippen LogP contribution in [0.5, 0.6) is 5.75 Å². The minimum absolute atomic E-state index is 0.506. The summed E-state index contributed by atoms with van der Waals surface area (Å²) in [6, 6.07) is 13.7. The molecule has 5 heteroatoms. The minimum Gasteiger partial charge on any atom is -0.490 e. The first kappa shape index (κ1) is 18.3. The highest BCUT2D eigenvalue weighted by atomic mass is 35.5. The second-order valence-electron chi connectivity index (χ2n) is 5.44. The molecule has 0 saturated carbocycles. The van der Waals surface area contributed by atoms with Crippen LogP contribution in [0.2, 0.25) is 5.02 Å². The zero-order valence-corrected chi connectivity index (χ0v) is 15.5. The number of anilines is 1. The van der Waals surface area contributed by atoms with E-state index in [9.17, 15) is 0 Å². The summed E-state index contributed by atoms with van der Waals surface area (Å²) in [5.74, 6) is 0.830. The van der Waals surface area contributed by atoms with Crippen molar-refractivity contribution in [2.45, 2.75) is 13.5 Å². The molecule has 0 spiro atoms. The van der Waals surface area contributed by atoms with E-state index >= 15 is 0 Å². The highest BCUT2D eigenvalue weighted by molar-refractivity contribution is 7.80. The van der Waals surface area contributed by atoms with Gasteiger partial charge in [-0.3, -0.25) is 0 Å². The fourth-order valence-corrected chi connectivity index (χ4v) is 2.49.